The summed E-state index contributed by atoms with van der Waals surface area (Å²) in [4.78, 5) is 0. The van der Waals surface area contributed by atoms with Crippen molar-refractivity contribution in [3.63, 3.8) is 0 Å². The van der Waals surface area contributed by atoms with Gasteiger partial charge in [0.1, 0.15) is 0 Å². The summed E-state index contributed by atoms with van der Waals surface area (Å²) in [6, 6.07) is 77.5. The van der Waals surface area contributed by atoms with E-state index in [4.69, 9.17) is 0 Å². The van der Waals surface area contributed by atoms with Gasteiger partial charge in [-0.3, -0.25) is 0 Å². The topological polar surface area (TPSA) is 14.8 Å². The second-order valence-corrected chi connectivity index (χ2v) is 14.9. The molecule has 0 aliphatic rings. The fourth-order valence-corrected chi connectivity index (χ4v) is 9.48. The second kappa shape index (κ2) is 12.5. The summed E-state index contributed by atoms with van der Waals surface area (Å²) < 4.78 is 7.38. The van der Waals surface area contributed by atoms with Crippen LogP contribution in [0.5, 0.6) is 0 Å². The van der Waals surface area contributed by atoms with E-state index in [0.29, 0.717) is 0 Å². The highest BCUT2D eigenvalue weighted by Crippen LogP contribution is 2.47. The van der Waals surface area contributed by atoms with Gasteiger partial charge in [-0.1, -0.05) is 152 Å². The van der Waals surface area contributed by atoms with Crippen LogP contribution < -0.4 is 0 Å². The van der Waals surface area contributed by atoms with Gasteiger partial charge in [-0.25, -0.2) is 0 Å². The van der Waals surface area contributed by atoms with E-state index >= 15 is 0 Å². The van der Waals surface area contributed by atoms with E-state index in [9.17, 15) is 0 Å². The van der Waals surface area contributed by atoms with Crippen LogP contribution >= 0.6 is 0 Å². The Morgan fingerprint density at radius 2 is 0.719 bits per heavy atom. The highest BCUT2D eigenvalue weighted by Gasteiger charge is 2.25. The molecule has 57 heavy (non-hydrogen) atoms. The van der Waals surface area contributed by atoms with Crippen molar-refractivity contribution in [1.29, 1.82) is 0 Å². The summed E-state index contributed by atoms with van der Waals surface area (Å²) in [5.74, 6) is 0. The first kappa shape index (κ1) is 31.7. The summed E-state index contributed by atoms with van der Waals surface area (Å²) in [7, 11) is 0. The maximum atomic E-state index is 2.51. The van der Waals surface area contributed by atoms with Crippen molar-refractivity contribution in [3.05, 3.63) is 212 Å². The molecule has 3 aromatic heterocycles. The van der Waals surface area contributed by atoms with Gasteiger partial charge in [0.25, 0.3) is 0 Å². The van der Waals surface area contributed by atoms with E-state index in [0.717, 1.165) is 17.1 Å². The average molecular weight is 726 g/mol. The highest BCUT2D eigenvalue weighted by molar-refractivity contribution is 6.21. The Labute approximate surface area is 329 Å². The standard InChI is InChI=1S/C54H35N3/c1-4-17-36(18-5-1)40-32-33-45-42-24-11-14-29-49(42)56(38-21-8-3-9-22-38)54(45)52(40)46-27-16-26-44-41-23-10-15-30-50(41)57(53(44)46)39-31-34-51-47(35-39)43-25-12-13-28-48(43)55(51)37-19-6-2-7-20-37/h1-35H. The Hall–Kier alpha value is -7.62. The van der Waals surface area contributed by atoms with Gasteiger partial charge in [0, 0.05) is 60.5 Å². The minimum atomic E-state index is 1.13. The molecular formula is C54H35N3. The van der Waals surface area contributed by atoms with Gasteiger partial charge in [0.15, 0.2) is 0 Å². The quantitative estimate of drug-likeness (QED) is 0.168. The predicted octanol–water partition coefficient (Wildman–Crippen LogP) is 14.3. The summed E-state index contributed by atoms with van der Waals surface area (Å²) in [5, 5.41) is 7.41. The molecule has 0 fully saturated rings. The Morgan fingerprint density at radius 3 is 1.37 bits per heavy atom. The molecule has 12 aromatic rings. The Kier molecular flexibility index (Phi) is 6.93. The van der Waals surface area contributed by atoms with Gasteiger partial charge in [0.2, 0.25) is 0 Å². The van der Waals surface area contributed by atoms with Crippen molar-refractivity contribution in [1.82, 2.24) is 13.7 Å². The highest BCUT2D eigenvalue weighted by atomic mass is 15.0. The summed E-state index contributed by atoms with van der Waals surface area (Å²) in [6.45, 7) is 0. The van der Waals surface area contributed by atoms with E-state index in [1.807, 2.05) is 0 Å². The molecule has 0 spiro atoms. The molecule has 0 bridgehead atoms. The third-order valence-electron chi connectivity index (χ3n) is 11.8. The molecule has 12 rings (SSSR count). The molecule has 0 atom stereocenters. The van der Waals surface area contributed by atoms with Crippen LogP contribution in [0, 0.1) is 0 Å². The van der Waals surface area contributed by atoms with Gasteiger partial charge in [-0.2, -0.15) is 0 Å². The SMILES string of the molecule is c1ccc(-c2ccc3c4ccccc4n(-c4ccccc4)c3c2-c2cccc3c4ccccc4n(-c4ccc5c(c4)c4ccccc4n5-c4ccccc4)c23)cc1. The number of fused-ring (bicyclic) bond motifs is 9. The van der Waals surface area contributed by atoms with Crippen LogP contribution in [0.25, 0.3) is 105 Å². The smallest absolute Gasteiger partial charge is 0.0626 e. The largest absolute Gasteiger partial charge is 0.309 e. The van der Waals surface area contributed by atoms with Gasteiger partial charge in [0.05, 0.1) is 33.1 Å². The molecule has 0 saturated carbocycles. The lowest BCUT2D eigenvalue weighted by molar-refractivity contribution is 1.16. The van der Waals surface area contributed by atoms with E-state index in [1.165, 1.54) is 87.7 Å². The van der Waals surface area contributed by atoms with Crippen molar-refractivity contribution < 1.29 is 0 Å². The maximum absolute atomic E-state index is 2.51. The van der Waals surface area contributed by atoms with Crippen molar-refractivity contribution in [2.24, 2.45) is 0 Å². The normalized spacial score (nSPS) is 11.9. The molecule has 0 radical (unpaired) electrons. The van der Waals surface area contributed by atoms with Gasteiger partial charge < -0.3 is 13.7 Å². The summed E-state index contributed by atoms with van der Waals surface area (Å²) in [5.41, 5.74) is 15.4. The minimum Gasteiger partial charge on any atom is -0.309 e. The second-order valence-electron chi connectivity index (χ2n) is 14.9. The van der Waals surface area contributed by atoms with Crippen LogP contribution in [0.2, 0.25) is 0 Å². The van der Waals surface area contributed by atoms with Crippen molar-refractivity contribution in [3.8, 4) is 39.3 Å². The molecule has 0 saturated heterocycles. The zero-order valence-electron chi connectivity index (χ0n) is 31.0. The van der Waals surface area contributed by atoms with E-state index < -0.39 is 0 Å². The first-order chi connectivity index (χ1) is 28.3. The predicted molar refractivity (Wildman–Crippen MR) is 240 cm³/mol. The molecule has 9 aromatic carbocycles. The number of para-hydroxylation sites is 6. The number of hydrogen-bond acceptors (Lipinski definition) is 0. The van der Waals surface area contributed by atoms with E-state index in [-0.39, 0.29) is 0 Å². The van der Waals surface area contributed by atoms with Crippen LogP contribution in [-0.2, 0) is 0 Å². The number of nitrogens with zero attached hydrogens (tertiary/aromatic N) is 3. The van der Waals surface area contributed by atoms with Crippen LogP contribution in [0.1, 0.15) is 0 Å². The van der Waals surface area contributed by atoms with Crippen LogP contribution in [0.4, 0.5) is 0 Å². The van der Waals surface area contributed by atoms with Gasteiger partial charge in [-0.15, -0.1) is 0 Å². The van der Waals surface area contributed by atoms with Crippen molar-refractivity contribution in [2.75, 3.05) is 0 Å². The fourth-order valence-electron chi connectivity index (χ4n) is 9.48. The lowest BCUT2D eigenvalue weighted by atomic mass is 9.90. The number of hydrogen-bond donors (Lipinski definition) is 0. The molecule has 0 unspecified atom stereocenters. The third-order valence-corrected chi connectivity index (χ3v) is 11.8. The van der Waals surface area contributed by atoms with Crippen LogP contribution in [0.15, 0.2) is 212 Å². The molecule has 0 amide bonds. The van der Waals surface area contributed by atoms with Crippen molar-refractivity contribution >= 4 is 65.4 Å². The Morgan fingerprint density at radius 1 is 0.246 bits per heavy atom. The minimum absolute atomic E-state index is 1.13. The lowest BCUT2D eigenvalue weighted by Gasteiger charge is -2.18. The molecular weight excluding hydrogens is 691 g/mol. The van der Waals surface area contributed by atoms with E-state index in [2.05, 4.69) is 226 Å². The molecule has 266 valence electrons. The Balaban J connectivity index is 1.24. The molecule has 3 nitrogen and oxygen atoms in total. The van der Waals surface area contributed by atoms with E-state index in [1.54, 1.807) is 0 Å². The molecule has 3 heteroatoms. The van der Waals surface area contributed by atoms with Crippen LogP contribution in [-0.4, -0.2) is 13.7 Å². The number of benzene rings is 9. The summed E-state index contributed by atoms with van der Waals surface area (Å²) >= 11 is 0. The fraction of sp³-hybridized carbons (Fsp3) is 0. The number of rotatable bonds is 5. The molecule has 3 heterocycles. The Bertz CT molecular complexity index is 3500. The summed E-state index contributed by atoms with van der Waals surface area (Å²) in [6.07, 6.45) is 0. The monoisotopic (exact) mass is 725 g/mol. The zero-order valence-corrected chi connectivity index (χ0v) is 31.0. The molecule has 0 aliphatic carbocycles. The third kappa shape index (κ3) is 4.66. The number of aromatic nitrogens is 3. The van der Waals surface area contributed by atoms with Gasteiger partial charge in [-0.05, 0) is 71.8 Å². The maximum Gasteiger partial charge on any atom is 0.0626 e. The van der Waals surface area contributed by atoms with Crippen molar-refractivity contribution in [2.45, 2.75) is 0 Å². The molecule has 0 aliphatic heterocycles. The molecule has 0 N–H and O–H groups in total. The first-order valence-electron chi connectivity index (χ1n) is 19.6. The average Bonchev–Trinajstić information content (AvgIpc) is 3.93. The van der Waals surface area contributed by atoms with Crippen LogP contribution in [0.3, 0.4) is 0 Å². The first-order valence-corrected chi connectivity index (χ1v) is 19.6. The zero-order chi connectivity index (χ0) is 37.5. The lowest BCUT2D eigenvalue weighted by Crippen LogP contribution is -2.00. The van der Waals surface area contributed by atoms with Gasteiger partial charge >= 0.3 is 0 Å².